The zero-order chi connectivity index (χ0) is 14.6. The van der Waals surface area contributed by atoms with Crippen LogP contribution >= 0.6 is 23.4 Å². The molecule has 6 nitrogen and oxygen atoms in total. The van der Waals surface area contributed by atoms with Gasteiger partial charge in [0.25, 0.3) is 0 Å². The first-order chi connectivity index (χ1) is 9.50. The van der Waals surface area contributed by atoms with Crippen molar-refractivity contribution in [3.63, 3.8) is 0 Å². The minimum absolute atomic E-state index is 0.175. The molecule has 0 radical (unpaired) electrons. The Bertz CT molecular complexity index is 453. The van der Waals surface area contributed by atoms with Crippen LogP contribution in [0.5, 0.6) is 0 Å². The van der Waals surface area contributed by atoms with Gasteiger partial charge in [-0.1, -0.05) is 0 Å². The molecule has 1 atom stereocenters. The molecule has 0 saturated carbocycles. The first-order valence-electron chi connectivity index (χ1n) is 6.62. The van der Waals surface area contributed by atoms with Crippen LogP contribution in [-0.4, -0.2) is 57.3 Å². The van der Waals surface area contributed by atoms with Gasteiger partial charge >= 0.3 is 0 Å². The van der Waals surface area contributed by atoms with Crippen molar-refractivity contribution >= 4 is 35.3 Å². The van der Waals surface area contributed by atoms with E-state index >= 15 is 0 Å². The van der Waals surface area contributed by atoms with Crippen molar-refractivity contribution in [2.75, 3.05) is 41.9 Å². The highest BCUT2D eigenvalue weighted by Gasteiger charge is 2.21. The Morgan fingerprint density at radius 1 is 1.35 bits per heavy atom. The van der Waals surface area contributed by atoms with E-state index in [1.165, 1.54) is 0 Å². The molecule has 0 amide bonds. The molecule has 1 aliphatic rings. The second-order valence-corrected chi connectivity index (χ2v) is 6.41. The molecule has 2 heterocycles. The molecule has 1 aromatic heterocycles. The molecular weight excluding hydrogens is 298 g/mol. The lowest BCUT2D eigenvalue weighted by atomic mass is 10.1. The van der Waals surface area contributed by atoms with Gasteiger partial charge in [-0.2, -0.15) is 26.7 Å². The van der Waals surface area contributed by atoms with Crippen LogP contribution in [0.4, 0.5) is 11.9 Å². The molecule has 1 aromatic rings. The third-order valence-corrected chi connectivity index (χ3v) is 4.15. The lowest BCUT2D eigenvalue weighted by Crippen LogP contribution is -2.36. The number of nitrogens with one attached hydrogen (secondary N) is 1. The number of thioether (sulfide) groups is 1. The molecule has 112 valence electrons. The number of aromatic nitrogens is 3. The highest BCUT2D eigenvalue weighted by atomic mass is 35.5. The number of hydrogen-bond acceptors (Lipinski definition) is 7. The van der Waals surface area contributed by atoms with Crippen LogP contribution in [0.2, 0.25) is 5.28 Å². The smallest absolute Gasteiger partial charge is 0.231 e. The number of aliphatic hydroxyl groups is 1. The fraction of sp³-hybridized carbons (Fsp3) is 0.750. The maximum atomic E-state index is 10.1. The summed E-state index contributed by atoms with van der Waals surface area (Å²) in [6.07, 6.45) is 4.25. The minimum atomic E-state index is -0.813. The fourth-order valence-corrected chi connectivity index (χ4v) is 2.99. The predicted molar refractivity (Wildman–Crippen MR) is 83.8 cm³/mol. The first kappa shape index (κ1) is 15.6. The monoisotopic (exact) mass is 317 g/mol. The summed E-state index contributed by atoms with van der Waals surface area (Å²) in [6.45, 7) is 4.04. The van der Waals surface area contributed by atoms with Gasteiger partial charge in [0, 0.05) is 25.4 Å². The minimum Gasteiger partial charge on any atom is -0.387 e. The zero-order valence-electron chi connectivity index (χ0n) is 11.8. The number of rotatable bonds is 6. The highest BCUT2D eigenvalue weighted by Crippen LogP contribution is 2.19. The SMILES string of the molecule is CSCC(C)(O)CNc1nc(Cl)nc(N2CCCC2)n1. The van der Waals surface area contributed by atoms with Gasteiger partial charge in [-0.05, 0) is 37.6 Å². The van der Waals surface area contributed by atoms with Gasteiger partial charge in [0.15, 0.2) is 0 Å². The van der Waals surface area contributed by atoms with Crippen molar-refractivity contribution in [1.29, 1.82) is 0 Å². The third-order valence-electron chi connectivity index (χ3n) is 3.07. The maximum Gasteiger partial charge on any atom is 0.231 e. The third kappa shape index (κ3) is 4.36. The van der Waals surface area contributed by atoms with E-state index < -0.39 is 5.60 Å². The lowest BCUT2D eigenvalue weighted by molar-refractivity contribution is 0.0995. The van der Waals surface area contributed by atoms with Gasteiger partial charge in [0.05, 0.1) is 5.60 Å². The van der Waals surface area contributed by atoms with E-state index in [1.54, 1.807) is 18.7 Å². The molecule has 1 fully saturated rings. The van der Waals surface area contributed by atoms with E-state index in [9.17, 15) is 5.11 Å². The summed E-state index contributed by atoms with van der Waals surface area (Å²) in [5.74, 6) is 1.65. The van der Waals surface area contributed by atoms with Gasteiger partial charge in [-0.25, -0.2) is 0 Å². The van der Waals surface area contributed by atoms with Crippen molar-refractivity contribution in [1.82, 2.24) is 15.0 Å². The van der Waals surface area contributed by atoms with Crippen molar-refractivity contribution in [3.8, 4) is 0 Å². The van der Waals surface area contributed by atoms with Crippen LogP contribution in [0.3, 0.4) is 0 Å². The Labute approximate surface area is 128 Å². The average Bonchev–Trinajstić information content (AvgIpc) is 2.90. The molecule has 0 aromatic carbocycles. The van der Waals surface area contributed by atoms with E-state index in [1.807, 2.05) is 6.26 Å². The van der Waals surface area contributed by atoms with Gasteiger partial charge < -0.3 is 15.3 Å². The second kappa shape index (κ2) is 6.78. The molecule has 2 rings (SSSR count). The lowest BCUT2D eigenvalue weighted by Gasteiger charge is -2.23. The highest BCUT2D eigenvalue weighted by molar-refractivity contribution is 7.98. The van der Waals surface area contributed by atoms with Crippen LogP contribution in [-0.2, 0) is 0 Å². The molecule has 2 N–H and O–H groups in total. The number of anilines is 2. The van der Waals surface area contributed by atoms with E-state index in [-0.39, 0.29) is 5.28 Å². The van der Waals surface area contributed by atoms with Crippen LogP contribution < -0.4 is 10.2 Å². The summed E-state index contributed by atoms with van der Waals surface area (Å²) < 4.78 is 0. The van der Waals surface area contributed by atoms with Crippen molar-refractivity contribution in [2.45, 2.75) is 25.4 Å². The molecule has 0 spiro atoms. The van der Waals surface area contributed by atoms with E-state index in [2.05, 4.69) is 25.2 Å². The quantitative estimate of drug-likeness (QED) is 0.826. The Morgan fingerprint density at radius 3 is 2.70 bits per heavy atom. The Balaban J connectivity index is 2.04. The number of halogens is 1. The van der Waals surface area contributed by atoms with Crippen molar-refractivity contribution < 1.29 is 5.11 Å². The Hall–Kier alpha value is -0.790. The molecule has 0 aliphatic carbocycles. The molecule has 20 heavy (non-hydrogen) atoms. The van der Waals surface area contributed by atoms with Crippen LogP contribution in [0, 0.1) is 0 Å². The summed E-state index contributed by atoms with van der Waals surface area (Å²) in [7, 11) is 0. The van der Waals surface area contributed by atoms with Gasteiger partial charge in [-0.3, -0.25) is 0 Å². The van der Waals surface area contributed by atoms with Gasteiger partial charge in [0.2, 0.25) is 17.2 Å². The molecule has 8 heteroatoms. The molecular formula is C12H20ClN5OS. The van der Waals surface area contributed by atoms with Crippen molar-refractivity contribution in [2.24, 2.45) is 0 Å². The average molecular weight is 318 g/mol. The molecule has 1 saturated heterocycles. The number of nitrogens with zero attached hydrogens (tertiary/aromatic N) is 4. The summed E-state index contributed by atoms with van der Waals surface area (Å²) in [5.41, 5.74) is -0.813. The zero-order valence-corrected chi connectivity index (χ0v) is 13.3. The van der Waals surface area contributed by atoms with Crippen LogP contribution in [0.1, 0.15) is 19.8 Å². The summed E-state index contributed by atoms with van der Waals surface area (Å²) in [6, 6.07) is 0. The molecule has 0 bridgehead atoms. The summed E-state index contributed by atoms with van der Waals surface area (Å²) in [5, 5.41) is 13.3. The number of hydrogen-bond donors (Lipinski definition) is 2. The molecule has 1 aliphatic heterocycles. The molecule has 1 unspecified atom stereocenters. The largest absolute Gasteiger partial charge is 0.387 e. The Morgan fingerprint density at radius 2 is 2.05 bits per heavy atom. The van der Waals surface area contributed by atoms with Gasteiger partial charge in [0.1, 0.15) is 0 Å². The fourth-order valence-electron chi connectivity index (χ4n) is 2.11. The summed E-state index contributed by atoms with van der Waals surface area (Å²) in [4.78, 5) is 14.7. The standard InChI is InChI=1S/C12H20ClN5OS/c1-12(19,8-20-2)7-14-10-15-9(13)16-11(17-10)18-5-3-4-6-18/h19H,3-8H2,1-2H3,(H,14,15,16,17). The maximum absolute atomic E-state index is 10.1. The van der Waals surface area contributed by atoms with E-state index in [4.69, 9.17) is 11.6 Å². The predicted octanol–water partition coefficient (Wildman–Crippen LogP) is 1.65. The topological polar surface area (TPSA) is 74.2 Å². The summed E-state index contributed by atoms with van der Waals surface area (Å²) >= 11 is 7.54. The first-order valence-corrected chi connectivity index (χ1v) is 8.39. The van der Waals surface area contributed by atoms with Crippen LogP contribution in [0.15, 0.2) is 0 Å². The van der Waals surface area contributed by atoms with Crippen molar-refractivity contribution in [3.05, 3.63) is 5.28 Å². The second-order valence-electron chi connectivity index (χ2n) is 5.21. The van der Waals surface area contributed by atoms with E-state index in [0.717, 1.165) is 25.9 Å². The normalized spacial score (nSPS) is 18.1. The van der Waals surface area contributed by atoms with E-state index in [0.29, 0.717) is 24.2 Å². The van der Waals surface area contributed by atoms with Crippen LogP contribution in [0.25, 0.3) is 0 Å². The Kier molecular flexibility index (Phi) is 5.29. The van der Waals surface area contributed by atoms with Gasteiger partial charge in [-0.15, -0.1) is 0 Å².